The quantitative estimate of drug-likeness (QED) is 0.590. The zero-order chi connectivity index (χ0) is 11.4. The lowest BCUT2D eigenvalue weighted by Gasteiger charge is -2.10. The summed E-state index contributed by atoms with van der Waals surface area (Å²) >= 11 is 0. The molecule has 1 rings (SSSR count). The summed E-state index contributed by atoms with van der Waals surface area (Å²) in [6, 6.07) is 4.78. The van der Waals surface area contributed by atoms with Gasteiger partial charge in [0.2, 0.25) is 0 Å². The van der Waals surface area contributed by atoms with Gasteiger partial charge < -0.3 is 10.5 Å². The standard InChI is InChI=1S/C11H15FN2O/c1-7(2)15-6-8-4-3-5-9(10(8)12)11(13)14/h3-5,7H,6H2,1-2H3,(H3,13,14). The van der Waals surface area contributed by atoms with E-state index in [9.17, 15) is 4.39 Å². The van der Waals surface area contributed by atoms with E-state index in [0.717, 1.165) is 0 Å². The van der Waals surface area contributed by atoms with Crippen LogP contribution in [0.5, 0.6) is 0 Å². The monoisotopic (exact) mass is 210 g/mol. The van der Waals surface area contributed by atoms with Crippen LogP contribution in [-0.4, -0.2) is 11.9 Å². The molecule has 0 bridgehead atoms. The van der Waals surface area contributed by atoms with Gasteiger partial charge in [0.05, 0.1) is 18.3 Å². The van der Waals surface area contributed by atoms with Crippen LogP contribution in [0.3, 0.4) is 0 Å². The lowest BCUT2D eigenvalue weighted by molar-refractivity contribution is 0.0639. The Kier molecular flexibility index (Phi) is 3.80. The number of nitrogens with two attached hydrogens (primary N) is 1. The Morgan fingerprint density at radius 3 is 2.73 bits per heavy atom. The predicted molar refractivity (Wildman–Crippen MR) is 57.3 cm³/mol. The van der Waals surface area contributed by atoms with Crippen molar-refractivity contribution in [2.75, 3.05) is 0 Å². The summed E-state index contributed by atoms with van der Waals surface area (Å²) in [7, 11) is 0. The van der Waals surface area contributed by atoms with Crippen molar-refractivity contribution in [1.29, 1.82) is 5.41 Å². The Balaban J connectivity index is 2.89. The minimum atomic E-state index is -0.467. The topological polar surface area (TPSA) is 59.1 Å². The average Bonchev–Trinajstić information content (AvgIpc) is 2.15. The van der Waals surface area contributed by atoms with Crippen molar-refractivity contribution >= 4 is 5.84 Å². The first-order valence-corrected chi connectivity index (χ1v) is 4.75. The van der Waals surface area contributed by atoms with Crippen molar-refractivity contribution in [3.63, 3.8) is 0 Å². The molecular weight excluding hydrogens is 195 g/mol. The van der Waals surface area contributed by atoms with E-state index in [-0.39, 0.29) is 24.1 Å². The molecule has 0 fully saturated rings. The van der Waals surface area contributed by atoms with E-state index in [1.807, 2.05) is 13.8 Å². The van der Waals surface area contributed by atoms with Gasteiger partial charge in [-0.1, -0.05) is 12.1 Å². The highest BCUT2D eigenvalue weighted by atomic mass is 19.1. The minimum Gasteiger partial charge on any atom is -0.384 e. The van der Waals surface area contributed by atoms with Gasteiger partial charge in [-0.3, -0.25) is 5.41 Å². The summed E-state index contributed by atoms with van der Waals surface area (Å²) < 4.78 is 19.0. The molecule has 0 saturated heterocycles. The fraction of sp³-hybridized carbons (Fsp3) is 0.364. The summed E-state index contributed by atoms with van der Waals surface area (Å²) in [6.45, 7) is 3.96. The zero-order valence-electron chi connectivity index (χ0n) is 8.88. The number of hydrogen-bond acceptors (Lipinski definition) is 2. The minimum absolute atomic E-state index is 0.0467. The Hall–Kier alpha value is -1.42. The fourth-order valence-electron chi connectivity index (χ4n) is 1.16. The molecule has 0 radical (unpaired) electrons. The number of nitrogen functional groups attached to an aromatic ring is 1. The number of ether oxygens (including phenoxy) is 1. The van der Waals surface area contributed by atoms with Crippen molar-refractivity contribution in [2.24, 2.45) is 5.73 Å². The van der Waals surface area contributed by atoms with E-state index < -0.39 is 5.82 Å². The van der Waals surface area contributed by atoms with Crippen LogP contribution in [0.25, 0.3) is 0 Å². The highest BCUT2D eigenvalue weighted by Crippen LogP contribution is 2.14. The molecule has 1 aromatic rings. The van der Waals surface area contributed by atoms with Gasteiger partial charge in [-0.2, -0.15) is 0 Å². The third kappa shape index (κ3) is 3.02. The second-order valence-corrected chi connectivity index (χ2v) is 3.55. The molecule has 0 spiro atoms. The highest BCUT2D eigenvalue weighted by molar-refractivity contribution is 5.95. The molecule has 82 valence electrons. The van der Waals surface area contributed by atoms with Gasteiger partial charge in [-0.05, 0) is 19.9 Å². The van der Waals surface area contributed by atoms with Crippen LogP contribution >= 0.6 is 0 Å². The molecule has 0 unspecified atom stereocenters. The Morgan fingerprint density at radius 2 is 2.20 bits per heavy atom. The van der Waals surface area contributed by atoms with Crippen molar-refractivity contribution < 1.29 is 9.13 Å². The van der Waals surface area contributed by atoms with Gasteiger partial charge in [0.15, 0.2) is 0 Å². The fourth-order valence-corrected chi connectivity index (χ4v) is 1.16. The maximum Gasteiger partial charge on any atom is 0.139 e. The first-order chi connectivity index (χ1) is 7.02. The lowest BCUT2D eigenvalue weighted by Crippen LogP contribution is -2.15. The molecule has 0 saturated carbocycles. The van der Waals surface area contributed by atoms with E-state index in [1.54, 1.807) is 12.1 Å². The van der Waals surface area contributed by atoms with Gasteiger partial charge in [-0.25, -0.2) is 4.39 Å². The molecule has 3 N–H and O–H groups in total. The Bertz CT molecular complexity index is 364. The van der Waals surface area contributed by atoms with Crippen LogP contribution in [0.1, 0.15) is 25.0 Å². The van der Waals surface area contributed by atoms with Crippen LogP contribution in [0.2, 0.25) is 0 Å². The van der Waals surface area contributed by atoms with Crippen LogP contribution in [-0.2, 0) is 11.3 Å². The molecule has 0 aliphatic carbocycles. The second-order valence-electron chi connectivity index (χ2n) is 3.55. The number of benzene rings is 1. The third-order valence-corrected chi connectivity index (χ3v) is 1.94. The summed E-state index contributed by atoms with van der Waals surface area (Å²) in [6.07, 6.45) is 0.0467. The maximum absolute atomic E-state index is 13.7. The first kappa shape index (κ1) is 11.7. The van der Waals surface area contributed by atoms with E-state index >= 15 is 0 Å². The second kappa shape index (κ2) is 4.89. The number of amidine groups is 1. The highest BCUT2D eigenvalue weighted by Gasteiger charge is 2.10. The Morgan fingerprint density at radius 1 is 1.53 bits per heavy atom. The first-order valence-electron chi connectivity index (χ1n) is 4.75. The lowest BCUT2D eigenvalue weighted by atomic mass is 10.1. The number of rotatable bonds is 4. The van der Waals surface area contributed by atoms with Crippen LogP contribution in [0.4, 0.5) is 4.39 Å². The third-order valence-electron chi connectivity index (χ3n) is 1.94. The summed E-state index contributed by atoms with van der Waals surface area (Å²) in [5.74, 6) is -0.732. The average molecular weight is 210 g/mol. The number of halogens is 1. The van der Waals surface area contributed by atoms with Gasteiger partial charge in [0.25, 0.3) is 0 Å². The van der Waals surface area contributed by atoms with Crippen LogP contribution < -0.4 is 5.73 Å². The molecular formula is C11H15FN2O. The normalized spacial score (nSPS) is 10.7. The largest absolute Gasteiger partial charge is 0.384 e. The summed E-state index contributed by atoms with van der Waals surface area (Å²) in [5, 5.41) is 7.19. The van der Waals surface area contributed by atoms with Crippen molar-refractivity contribution in [3.8, 4) is 0 Å². The van der Waals surface area contributed by atoms with Crippen LogP contribution in [0.15, 0.2) is 18.2 Å². The van der Waals surface area contributed by atoms with Crippen LogP contribution in [0, 0.1) is 11.2 Å². The molecule has 3 nitrogen and oxygen atoms in total. The smallest absolute Gasteiger partial charge is 0.139 e. The summed E-state index contributed by atoms with van der Waals surface area (Å²) in [4.78, 5) is 0. The summed E-state index contributed by atoms with van der Waals surface area (Å²) in [5.41, 5.74) is 5.79. The molecule has 0 aliphatic heterocycles. The van der Waals surface area contributed by atoms with E-state index in [0.29, 0.717) is 5.56 Å². The number of nitrogens with one attached hydrogen (secondary N) is 1. The SMILES string of the molecule is CC(C)OCc1cccc(C(=N)N)c1F. The van der Waals surface area contributed by atoms with Gasteiger partial charge in [0, 0.05) is 5.56 Å². The molecule has 0 amide bonds. The van der Waals surface area contributed by atoms with Crippen molar-refractivity contribution in [3.05, 3.63) is 35.1 Å². The predicted octanol–water partition coefficient (Wildman–Crippen LogP) is 2.03. The van der Waals surface area contributed by atoms with E-state index in [1.165, 1.54) is 6.07 Å². The van der Waals surface area contributed by atoms with Gasteiger partial charge in [0.1, 0.15) is 11.7 Å². The molecule has 1 aromatic carbocycles. The number of hydrogen-bond donors (Lipinski definition) is 2. The van der Waals surface area contributed by atoms with E-state index in [4.69, 9.17) is 15.9 Å². The van der Waals surface area contributed by atoms with Gasteiger partial charge >= 0.3 is 0 Å². The molecule has 0 aromatic heterocycles. The molecule has 0 atom stereocenters. The zero-order valence-corrected chi connectivity index (χ0v) is 8.88. The van der Waals surface area contributed by atoms with Crippen molar-refractivity contribution in [2.45, 2.75) is 26.6 Å². The maximum atomic E-state index is 13.7. The molecule has 0 heterocycles. The van der Waals surface area contributed by atoms with E-state index in [2.05, 4.69) is 0 Å². The van der Waals surface area contributed by atoms with Crippen molar-refractivity contribution in [1.82, 2.24) is 0 Å². The molecule has 15 heavy (non-hydrogen) atoms. The molecule has 4 heteroatoms. The Labute approximate surface area is 88.6 Å². The molecule has 0 aliphatic rings. The van der Waals surface area contributed by atoms with Gasteiger partial charge in [-0.15, -0.1) is 0 Å².